The number of hydrogen-bond donors (Lipinski definition) is 0. The molecule has 0 amide bonds. The summed E-state index contributed by atoms with van der Waals surface area (Å²) in [5.74, 6) is 0.827. The molecule has 0 aliphatic carbocycles. The summed E-state index contributed by atoms with van der Waals surface area (Å²) in [5.41, 5.74) is 0. The van der Waals surface area contributed by atoms with Crippen LogP contribution in [0.2, 0.25) is 0 Å². The molecule has 0 atom stereocenters. The van der Waals surface area contributed by atoms with Gasteiger partial charge in [0.15, 0.2) is 0 Å². The van der Waals surface area contributed by atoms with E-state index in [9.17, 15) is 0 Å². The van der Waals surface area contributed by atoms with Crippen LogP contribution in [0.5, 0.6) is 0 Å². The molecule has 0 aliphatic heterocycles. The summed E-state index contributed by atoms with van der Waals surface area (Å²) in [7, 11) is 1.42. The molecule has 0 heterocycles. The van der Waals surface area contributed by atoms with E-state index in [-0.39, 0.29) is 0 Å². The number of unbranched alkanes of at least 4 members (excludes halogenated alkanes) is 2. The highest BCUT2D eigenvalue weighted by Gasteiger charge is 1.76. The molecule has 0 fully saturated rings. The Morgan fingerprint density at radius 3 is 1.78 bits per heavy atom. The van der Waals surface area contributed by atoms with Crippen molar-refractivity contribution in [2.45, 2.75) is 26.2 Å². The van der Waals surface area contributed by atoms with Gasteiger partial charge in [-0.05, 0) is 19.8 Å². The zero-order valence-electron chi connectivity index (χ0n) is 6.65. The van der Waals surface area contributed by atoms with Crippen molar-refractivity contribution in [1.82, 2.24) is 0 Å². The van der Waals surface area contributed by atoms with Gasteiger partial charge >= 0.3 is 0 Å². The molecule has 0 aliphatic rings. The lowest BCUT2D eigenvalue weighted by Crippen LogP contribution is -1.70. The third-order valence-corrected chi connectivity index (χ3v) is 1.00. The highest BCUT2D eigenvalue weighted by molar-refractivity contribution is 7.35. The van der Waals surface area contributed by atoms with Crippen LogP contribution < -0.4 is 0 Å². The first-order valence-corrected chi connectivity index (χ1v) is 5.69. The second-order valence-electron chi connectivity index (χ2n) is 1.84. The molecule has 0 aromatic heterocycles. The van der Waals surface area contributed by atoms with Crippen molar-refractivity contribution in [3.63, 3.8) is 0 Å². The van der Waals surface area contributed by atoms with E-state index in [1.165, 1.54) is 27.8 Å². The molecule has 0 aromatic rings. The van der Waals surface area contributed by atoms with Crippen molar-refractivity contribution >= 4 is 20.2 Å². The zero-order valence-corrected chi connectivity index (χ0v) is 8.30. The fraction of sp³-hybridized carbons (Fsp3) is 1.00. The molecular weight excluding hydrogens is 151 g/mol. The number of alkyl halides is 1. The van der Waals surface area contributed by atoms with Crippen LogP contribution in [0.3, 0.4) is 0 Å². The fourth-order valence-corrected chi connectivity index (χ4v) is 0.533. The van der Waals surface area contributed by atoms with E-state index in [4.69, 9.17) is 11.6 Å². The Bertz CT molecular complexity index is 28.1. The molecule has 0 saturated heterocycles. The maximum atomic E-state index is 5.38. The van der Waals surface area contributed by atoms with Gasteiger partial charge in [0.25, 0.3) is 0 Å². The van der Waals surface area contributed by atoms with E-state index in [0.29, 0.717) is 0 Å². The summed E-state index contributed by atoms with van der Waals surface area (Å²) in [4.78, 5) is 0. The molecular formula is C7H17ClP. The van der Waals surface area contributed by atoms with E-state index >= 15 is 0 Å². The SMILES string of the molecule is CCCCCCl.C[P]C. The summed E-state index contributed by atoms with van der Waals surface area (Å²) in [6, 6.07) is 0. The van der Waals surface area contributed by atoms with Crippen molar-refractivity contribution in [3.05, 3.63) is 0 Å². The average molecular weight is 168 g/mol. The van der Waals surface area contributed by atoms with Gasteiger partial charge in [-0.2, -0.15) is 0 Å². The molecule has 0 bridgehead atoms. The largest absolute Gasteiger partial charge is 0.127 e. The van der Waals surface area contributed by atoms with Crippen LogP contribution in [-0.2, 0) is 0 Å². The second kappa shape index (κ2) is 15.9. The average Bonchev–Trinajstić information content (AvgIpc) is 1.86. The molecule has 9 heavy (non-hydrogen) atoms. The first-order valence-electron chi connectivity index (χ1n) is 3.37. The molecule has 1 radical (unpaired) electrons. The van der Waals surface area contributed by atoms with Gasteiger partial charge in [0.1, 0.15) is 0 Å². The second-order valence-corrected chi connectivity index (χ2v) is 3.12. The topological polar surface area (TPSA) is 0 Å². The lowest BCUT2D eigenvalue weighted by Gasteiger charge is -1.84. The van der Waals surface area contributed by atoms with Crippen molar-refractivity contribution in [3.8, 4) is 0 Å². The smallest absolute Gasteiger partial charge is 0.0223 e. The minimum absolute atomic E-state index is 0.827. The van der Waals surface area contributed by atoms with Crippen molar-refractivity contribution in [2.24, 2.45) is 0 Å². The van der Waals surface area contributed by atoms with Gasteiger partial charge in [-0.3, -0.25) is 0 Å². The monoisotopic (exact) mass is 167 g/mol. The van der Waals surface area contributed by atoms with Crippen LogP contribution >= 0.6 is 20.2 Å². The van der Waals surface area contributed by atoms with E-state index in [0.717, 1.165) is 5.88 Å². The van der Waals surface area contributed by atoms with Crippen LogP contribution in [0.15, 0.2) is 0 Å². The lowest BCUT2D eigenvalue weighted by molar-refractivity contribution is 0.776. The van der Waals surface area contributed by atoms with Gasteiger partial charge < -0.3 is 0 Å². The highest BCUT2D eigenvalue weighted by Crippen LogP contribution is 1.93. The van der Waals surface area contributed by atoms with Crippen molar-refractivity contribution in [1.29, 1.82) is 0 Å². The standard InChI is InChI=1S/C5H11Cl.C2H6P/c1-2-3-4-5-6;1-3-2/h2-5H2,1H3;1-2H3. The lowest BCUT2D eigenvalue weighted by atomic mass is 10.3. The maximum absolute atomic E-state index is 5.38. The van der Waals surface area contributed by atoms with Crippen molar-refractivity contribution in [2.75, 3.05) is 19.2 Å². The normalized spacial score (nSPS) is 8.00. The van der Waals surface area contributed by atoms with Crippen LogP contribution in [-0.4, -0.2) is 19.2 Å². The van der Waals surface area contributed by atoms with Crippen molar-refractivity contribution < 1.29 is 0 Å². The van der Waals surface area contributed by atoms with E-state index < -0.39 is 0 Å². The minimum Gasteiger partial charge on any atom is -0.127 e. The summed E-state index contributed by atoms with van der Waals surface area (Å²) < 4.78 is 0. The molecule has 0 N–H and O–H groups in total. The quantitative estimate of drug-likeness (QED) is 0.342. The predicted molar refractivity (Wildman–Crippen MR) is 49.0 cm³/mol. The highest BCUT2D eigenvalue weighted by atomic mass is 35.5. The van der Waals surface area contributed by atoms with Gasteiger partial charge in [0.05, 0.1) is 0 Å². The summed E-state index contributed by atoms with van der Waals surface area (Å²) >= 11 is 5.38. The first kappa shape index (κ1) is 12.4. The molecule has 0 saturated carbocycles. The predicted octanol–water partition coefficient (Wildman–Crippen LogP) is 3.61. The van der Waals surface area contributed by atoms with Gasteiger partial charge in [0.2, 0.25) is 0 Å². The Kier molecular flexibility index (Phi) is 21.9. The van der Waals surface area contributed by atoms with Gasteiger partial charge in [-0.1, -0.05) is 28.3 Å². The third kappa shape index (κ3) is 28.5. The van der Waals surface area contributed by atoms with Crippen LogP contribution in [0.25, 0.3) is 0 Å². The Balaban J connectivity index is 0. The molecule has 0 unspecified atom stereocenters. The maximum Gasteiger partial charge on any atom is 0.0223 e. The van der Waals surface area contributed by atoms with Crippen LogP contribution in [0.4, 0.5) is 0 Å². The molecule has 2 heteroatoms. The van der Waals surface area contributed by atoms with Gasteiger partial charge in [-0.15, -0.1) is 11.6 Å². The van der Waals surface area contributed by atoms with Gasteiger partial charge in [-0.25, -0.2) is 0 Å². The van der Waals surface area contributed by atoms with Gasteiger partial charge in [0, 0.05) is 5.88 Å². The Morgan fingerprint density at radius 1 is 1.22 bits per heavy atom. The number of hydrogen-bond acceptors (Lipinski definition) is 0. The molecule has 0 nitrogen and oxygen atoms in total. The summed E-state index contributed by atoms with van der Waals surface area (Å²) in [6.07, 6.45) is 3.73. The molecule has 0 aromatic carbocycles. The summed E-state index contributed by atoms with van der Waals surface area (Å²) in [5, 5.41) is 0. The fourth-order valence-electron chi connectivity index (χ4n) is 0.344. The molecule has 0 spiro atoms. The van der Waals surface area contributed by atoms with Crippen LogP contribution in [0.1, 0.15) is 26.2 Å². The Hall–Kier alpha value is 0.720. The Labute approximate surface area is 66.2 Å². The van der Waals surface area contributed by atoms with E-state index in [2.05, 4.69) is 20.3 Å². The van der Waals surface area contributed by atoms with E-state index in [1.54, 1.807) is 0 Å². The summed E-state index contributed by atoms with van der Waals surface area (Å²) in [6.45, 7) is 6.37. The zero-order chi connectivity index (χ0) is 7.54. The third-order valence-electron chi connectivity index (χ3n) is 0.737. The minimum atomic E-state index is 0.827. The molecule has 57 valence electrons. The molecule has 0 rings (SSSR count). The first-order chi connectivity index (χ1) is 4.33. The Morgan fingerprint density at radius 2 is 1.67 bits per heavy atom. The number of rotatable bonds is 3. The van der Waals surface area contributed by atoms with E-state index in [1.807, 2.05) is 0 Å². The van der Waals surface area contributed by atoms with Crippen LogP contribution in [0, 0.1) is 0 Å². The number of halogens is 1.